The molecular formula is C22H26N2O3. The van der Waals surface area contributed by atoms with Gasteiger partial charge in [-0.25, -0.2) is 0 Å². The molecule has 0 bridgehead atoms. The normalized spacial score (nSPS) is 19.4. The molecule has 5 heteroatoms. The van der Waals surface area contributed by atoms with Gasteiger partial charge in [-0.05, 0) is 43.7 Å². The largest absolute Gasteiger partial charge is 0.481 e. The van der Waals surface area contributed by atoms with Crippen LogP contribution in [0.2, 0.25) is 0 Å². The maximum absolute atomic E-state index is 12.8. The lowest BCUT2D eigenvalue weighted by atomic mass is 9.90. The fraction of sp³-hybridized carbons (Fsp3) is 0.364. The van der Waals surface area contributed by atoms with Crippen LogP contribution in [0.3, 0.4) is 0 Å². The monoisotopic (exact) mass is 366 g/mol. The molecule has 0 saturated carbocycles. The fourth-order valence-corrected chi connectivity index (χ4v) is 3.56. The van der Waals surface area contributed by atoms with E-state index in [4.69, 9.17) is 0 Å². The Labute approximate surface area is 160 Å². The number of likely N-dealkylation sites (tertiary alicyclic amines) is 1. The minimum Gasteiger partial charge on any atom is -0.481 e. The molecule has 0 spiro atoms. The summed E-state index contributed by atoms with van der Waals surface area (Å²) in [5.74, 6) is -0.929. The average Bonchev–Trinajstić information content (AvgIpc) is 3.06. The van der Waals surface area contributed by atoms with E-state index in [1.54, 1.807) is 17.9 Å². The highest BCUT2D eigenvalue weighted by Gasteiger charge is 2.42. The van der Waals surface area contributed by atoms with Gasteiger partial charge in [0.05, 0.1) is 5.41 Å². The second-order valence-corrected chi connectivity index (χ2v) is 7.70. The number of rotatable bonds is 6. The van der Waals surface area contributed by atoms with Gasteiger partial charge in [0, 0.05) is 31.7 Å². The van der Waals surface area contributed by atoms with Gasteiger partial charge in [0.15, 0.2) is 0 Å². The average molecular weight is 366 g/mol. The number of carbonyl (C=O) groups is 2. The predicted octanol–water partition coefficient (Wildman–Crippen LogP) is 3.26. The first-order valence-corrected chi connectivity index (χ1v) is 9.21. The summed E-state index contributed by atoms with van der Waals surface area (Å²) >= 11 is 0. The van der Waals surface area contributed by atoms with Crippen LogP contribution in [0, 0.1) is 5.41 Å². The standard InChI is InChI=1S/C22H26N2O3/c1-22(21(26)27)11-12-24(16-22)20(25)19-10-6-9-18(13-19)15-23(2)14-17-7-4-3-5-8-17/h3-10,13H,11-12,14-16H2,1-2H3,(H,26,27). The molecule has 1 saturated heterocycles. The van der Waals surface area contributed by atoms with E-state index < -0.39 is 11.4 Å². The van der Waals surface area contributed by atoms with Crippen LogP contribution >= 0.6 is 0 Å². The van der Waals surface area contributed by atoms with Crippen molar-refractivity contribution in [3.05, 3.63) is 71.3 Å². The first kappa shape index (κ1) is 19.1. The maximum atomic E-state index is 12.8. The van der Waals surface area contributed by atoms with E-state index in [1.807, 2.05) is 36.4 Å². The maximum Gasteiger partial charge on any atom is 0.311 e. The van der Waals surface area contributed by atoms with E-state index in [9.17, 15) is 14.7 Å². The molecule has 5 nitrogen and oxygen atoms in total. The van der Waals surface area contributed by atoms with Gasteiger partial charge in [-0.15, -0.1) is 0 Å². The number of amides is 1. The molecule has 0 aromatic heterocycles. The fourth-order valence-electron chi connectivity index (χ4n) is 3.56. The SMILES string of the molecule is CN(Cc1ccccc1)Cc1cccc(C(=O)N2CCC(C)(C(=O)O)C2)c1. The summed E-state index contributed by atoms with van der Waals surface area (Å²) in [6, 6.07) is 17.9. The molecule has 1 aliphatic heterocycles. The van der Waals surface area contributed by atoms with Crippen LogP contribution in [0.5, 0.6) is 0 Å². The third-order valence-electron chi connectivity index (χ3n) is 5.20. The zero-order valence-electron chi connectivity index (χ0n) is 15.9. The molecule has 27 heavy (non-hydrogen) atoms. The zero-order chi connectivity index (χ0) is 19.4. The van der Waals surface area contributed by atoms with Crippen LogP contribution in [-0.4, -0.2) is 46.9 Å². The van der Waals surface area contributed by atoms with Crippen molar-refractivity contribution in [1.82, 2.24) is 9.80 Å². The Hall–Kier alpha value is -2.66. The van der Waals surface area contributed by atoms with Gasteiger partial charge in [-0.2, -0.15) is 0 Å². The first-order chi connectivity index (χ1) is 12.9. The highest BCUT2D eigenvalue weighted by atomic mass is 16.4. The molecule has 1 atom stereocenters. The van der Waals surface area contributed by atoms with Gasteiger partial charge < -0.3 is 10.0 Å². The Morgan fingerprint density at radius 3 is 2.41 bits per heavy atom. The van der Waals surface area contributed by atoms with Crippen molar-refractivity contribution in [1.29, 1.82) is 0 Å². The van der Waals surface area contributed by atoms with Crippen LogP contribution < -0.4 is 0 Å². The summed E-state index contributed by atoms with van der Waals surface area (Å²) in [5.41, 5.74) is 2.09. The molecule has 2 aromatic carbocycles. The molecular weight excluding hydrogens is 340 g/mol. The Bertz CT molecular complexity index is 821. The summed E-state index contributed by atoms with van der Waals surface area (Å²) in [5, 5.41) is 9.36. The van der Waals surface area contributed by atoms with Crippen LogP contribution in [0.4, 0.5) is 0 Å². The van der Waals surface area contributed by atoms with E-state index in [1.165, 1.54) is 5.56 Å². The molecule has 1 N–H and O–H groups in total. The van der Waals surface area contributed by atoms with Crippen molar-refractivity contribution in [2.45, 2.75) is 26.4 Å². The van der Waals surface area contributed by atoms with E-state index in [0.29, 0.717) is 18.5 Å². The second kappa shape index (κ2) is 7.92. The third kappa shape index (κ3) is 4.55. The van der Waals surface area contributed by atoms with Crippen LogP contribution in [0.15, 0.2) is 54.6 Å². The van der Waals surface area contributed by atoms with Gasteiger partial charge in [0.2, 0.25) is 0 Å². The third-order valence-corrected chi connectivity index (χ3v) is 5.20. The van der Waals surface area contributed by atoms with E-state index >= 15 is 0 Å². The summed E-state index contributed by atoms with van der Waals surface area (Å²) in [6.07, 6.45) is 0.494. The number of benzene rings is 2. The lowest BCUT2D eigenvalue weighted by Gasteiger charge is -2.21. The molecule has 0 aliphatic carbocycles. The Kier molecular flexibility index (Phi) is 5.61. The van der Waals surface area contributed by atoms with Crippen LogP contribution in [0.25, 0.3) is 0 Å². The number of aliphatic carboxylic acids is 1. The van der Waals surface area contributed by atoms with Crippen molar-refractivity contribution >= 4 is 11.9 Å². The van der Waals surface area contributed by atoms with Crippen molar-refractivity contribution in [3.8, 4) is 0 Å². The summed E-state index contributed by atoms with van der Waals surface area (Å²) in [6.45, 7) is 4.03. The molecule has 1 amide bonds. The molecule has 142 valence electrons. The topological polar surface area (TPSA) is 60.9 Å². The van der Waals surface area contributed by atoms with Gasteiger partial charge in [0.1, 0.15) is 0 Å². The molecule has 0 radical (unpaired) electrons. The van der Waals surface area contributed by atoms with Gasteiger partial charge in [0.25, 0.3) is 5.91 Å². The minimum atomic E-state index is -0.844. The number of carboxylic acid groups (broad SMARTS) is 1. The van der Waals surface area contributed by atoms with Crippen LogP contribution in [-0.2, 0) is 17.9 Å². The van der Waals surface area contributed by atoms with Gasteiger partial charge in [-0.3, -0.25) is 14.5 Å². The number of hydrogen-bond acceptors (Lipinski definition) is 3. The van der Waals surface area contributed by atoms with Gasteiger partial charge in [-0.1, -0.05) is 42.5 Å². The molecule has 3 rings (SSSR count). The Morgan fingerprint density at radius 2 is 1.74 bits per heavy atom. The first-order valence-electron chi connectivity index (χ1n) is 9.21. The lowest BCUT2D eigenvalue weighted by molar-refractivity contribution is -0.147. The zero-order valence-corrected chi connectivity index (χ0v) is 15.9. The quantitative estimate of drug-likeness (QED) is 0.852. The van der Waals surface area contributed by atoms with Gasteiger partial charge >= 0.3 is 5.97 Å². The summed E-state index contributed by atoms with van der Waals surface area (Å²) in [4.78, 5) is 28.1. The Balaban J connectivity index is 1.65. The predicted molar refractivity (Wildman–Crippen MR) is 104 cm³/mol. The van der Waals surface area contributed by atoms with Crippen molar-refractivity contribution in [2.75, 3.05) is 20.1 Å². The van der Waals surface area contributed by atoms with Crippen molar-refractivity contribution in [2.24, 2.45) is 5.41 Å². The highest BCUT2D eigenvalue weighted by Crippen LogP contribution is 2.31. The van der Waals surface area contributed by atoms with Crippen LogP contribution in [0.1, 0.15) is 34.8 Å². The van der Waals surface area contributed by atoms with Crippen molar-refractivity contribution in [3.63, 3.8) is 0 Å². The molecule has 2 aromatic rings. The van der Waals surface area contributed by atoms with E-state index in [2.05, 4.69) is 24.1 Å². The molecule has 1 unspecified atom stereocenters. The smallest absolute Gasteiger partial charge is 0.311 e. The lowest BCUT2D eigenvalue weighted by Crippen LogP contribution is -2.34. The highest BCUT2D eigenvalue weighted by molar-refractivity contribution is 5.95. The molecule has 1 aliphatic rings. The summed E-state index contributed by atoms with van der Waals surface area (Å²) in [7, 11) is 2.06. The number of carboxylic acids is 1. The molecule has 1 heterocycles. The minimum absolute atomic E-state index is 0.0902. The van der Waals surface area contributed by atoms with Crippen molar-refractivity contribution < 1.29 is 14.7 Å². The summed E-state index contributed by atoms with van der Waals surface area (Å²) < 4.78 is 0. The number of hydrogen-bond donors (Lipinski definition) is 1. The number of nitrogens with zero attached hydrogens (tertiary/aromatic N) is 2. The second-order valence-electron chi connectivity index (χ2n) is 7.70. The van der Waals surface area contributed by atoms with E-state index in [-0.39, 0.29) is 12.5 Å². The Morgan fingerprint density at radius 1 is 1.07 bits per heavy atom. The molecule has 1 fully saturated rings. The van der Waals surface area contributed by atoms with E-state index in [0.717, 1.165) is 18.7 Å². The number of carbonyl (C=O) groups excluding carboxylic acids is 1.